The summed E-state index contributed by atoms with van der Waals surface area (Å²) in [7, 11) is 0. The maximum Gasteiger partial charge on any atom is 0.355 e. The van der Waals surface area contributed by atoms with E-state index in [-0.39, 0.29) is 5.69 Å². The molecule has 88 valence electrons. The highest BCUT2D eigenvalue weighted by molar-refractivity contribution is 7.12. The van der Waals surface area contributed by atoms with E-state index in [1.165, 1.54) is 32.1 Å². The summed E-state index contributed by atoms with van der Waals surface area (Å²) in [5.41, 5.74) is 0.285. The molecular formula is C12H17NO2S. The molecule has 1 N–H and O–H groups in total. The van der Waals surface area contributed by atoms with Gasteiger partial charge in [-0.3, -0.25) is 0 Å². The molecule has 1 aliphatic rings. The third kappa shape index (κ3) is 2.26. The Morgan fingerprint density at radius 2 is 2.12 bits per heavy atom. The predicted molar refractivity (Wildman–Crippen MR) is 64.3 cm³/mol. The summed E-state index contributed by atoms with van der Waals surface area (Å²) in [4.78, 5) is 16.3. The molecule has 2 rings (SSSR count). The molecule has 4 heteroatoms. The number of carbonyl (C=O) groups is 1. The molecule has 0 unspecified atom stereocenters. The van der Waals surface area contributed by atoms with Crippen LogP contribution in [0.3, 0.4) is 0 Å². The van der Waals surface area contributed by atoms with Gasteiger partial charge in [-0.1, -0.05) is 26.2 Å². The van der Waals surface area contributed by atoms with Gasteiger partial charge in [-0.05, 0) is 19.3 Å². The van der Waals surface area contributed by atoms with E-state index in [1.807, 2.05) is 6.92 Å². The number of nitrogens with zero attached hydrogens (tertiary/aromatic N) is 1. The molecule has 0 aliphatic heterocycles. The van der Waals surface area contributed by atoms with Crippen molar-refractivity contribution in [3.8, 4) is 0 Å². The molecule has 0 atom stereocenters. The standard InChI is InChI=1S/C12H17NO2S/c1-2-9-10(12(14)15)13-11(16-9)8-6-4-3-5-7-8/h8H,2-7H2,1H3,(H,14,15). The lowest BCUT2D eigenvalue weighted by Gasteiger charge is -2.18. The fourth-order valence-corrected chi connectivity index (χ4v) is 3.47. The first-order valence-corrected chi connectivity index (χ1v) is 6.77. The molecule has 1 heterocycles. The number of hydrogen-bond acceptors (Lipinski definition) is 3. The zero-order valence-electron chi connectivity index (χ0n) is 9.53. The number of hydrogen-bond donors (Lipinski definition) is 1. The smallest absolute Gasteiger partial charge is 0.355 e. The highest BCUT2D eigenvalue weighted by atomic mass is 32.1. The molecule has 0 amide bonds. The van der Waals surface area contributed by atoms with Crippen molar-refractivity contribution in [3.63, 3.8) is 0 Å². The molecule has 0 saturated heterocycles. The van der Waals surface area contributed by atoms with Crippen molar-refractivity contribution in [2.24, 2.45) is 0 Å². The van der Waals surface area contributed by atoms with Gasteiger partial charge in [0.15, 0.2) is 5.69 Å². The first-order chi connectivity index (χ1) is 7.72. The van der Waals surface area contributed by atoms with E-state index in [0.29, 0.717) is 5.92 Å². The van der Waals surface area contributed by atoms with Crippen LogP contribution in [0.4, 0.5) is 0 Å². The van der Waals surface area contributed by atoms with Gasteiger partial charge in [-0.2, -0.15) is 0 Å². The van der Waals surface area contributed by atoms with Crippen LogP contribution in [0.15, 0.2) is 0 Å². The molecular weight excluding hydrogens is 222 g/mol. The van der Waals surface area contributed by atoms with Crippen molar-refractivity contribution in [1.29, 1.82) is 0 Å². The van der Waals surface area contributed by atoms with Crippen molar-refractivity contribution in [1.82, 2.24) is 4.98 Å². The average molecular weight is 239 g/mol. The minimum Gasteiger partial charge on any atom is -0.476 e. The zero-order valence-corrected chi connectivity index (χ0v) is 10.3. The Hall–Kier alpha value is -0.900. The Bertz CT molecular complexity index is 380. The normalized spacial score (nSPS) is 17.6. The van der Waals surface area contributed by atoms with Crippen molar-refractivity contribution < 1.29 is 9.90 Å². The molecule has 1 saturated carbocycles. The van der Waals surface area contributed by atoms with Crippen molar-refractivity contribution >= 4 is 17.3 Å². The third-order valence-electron chi connectivity index (χ3n) is 3.19. The zero-order chi connectivity index (χ0) is 11.5. The van der Waals surface area contributed by atoms with Gasteiger partial charge in [0.1, 0.15) is 0 Å². The SMILES string of the molecule is CCc1sc(C2CCCCC2)nc1C(=O)O. The summed E-state index contributed by atoms with van der Waals surface area (Å²) in [5, 5.41) is 10.1. The van der Waals surface area contributed by atoms with Gasteiger partial charge in [0.25, 0.3) is 0 Å². The summed E-state index contributed by atoms with van der Waals surface area (Å²) >= 11 is 1.60. The Morgan fingerprint density at radius 1 is 1.44 bits per heavy atom. The highest BCUT2D eigenvalue weighted by Crippen LogP contribution is 2.36. The van der Waals surface area contributed by atoms with E-state index in [9.17, 15) is 4.79 Å². The summed E-state index contributed by atoms with van der Waals surface area (Å²) in [6, 6.07) is 0. The van der Waals surface area contributed by atoms with Gasteiger partial charge < -0.3 is 5.11 Å². The largest absolute Gasteiger partial charge is 0.476 e. The minimum absolute atomic E-state index is 0.285. The van der Waals surface area contributed by atoms with Crippen LogP contribution in [0, 0.1) is 0 Å². The topological polar surface area (TPSA) is 50.2 Å². The average Bonchev–Trinajstić information content (AvgIpc) is 2.74. The van der Waals surface area contributed by atoms with Crippen LogP contribution in [0.1, 0.15) is 65.3 Å². The second kappa shape index (κ2) is 4.95. The van der Waals surface area contributed by atoms with Crippen LogP contribution < -0.4 is 0 Å². The number of carboxylic acids is 1. The Labute approximate surface area is 99.5 Å². The van der Waals surface area contributed by atoms with E-state index >= 15 is 0 Å². The van der Waals surface area contributed by atoms with E-state index in [2.05, 4.69) is 4.98 Å². The fourth-order valence-electron chi connectivity index (χ4n) is 2.30. The van der Waals surface area contributed by atoms with Crippen molar-refractivity contribution in [2.75, 3.05) is 0 Å². The van der Waals surface area contributed by atoms with E-state index < -0.39 is 5.97 Å². The van der Waals surface area contributed by atoms with E-state index in [4.69, 9.17) is 5.11 Å². The predicted octanol–water partition coefficient (Wildman–Crippen LogP) is 3.45. The van der Waals surface area contributed by atoms with Gasteiger partial charge >= 0.3 is 5.97 Å². The van der Waals surface area contributed by atoms with E-state index in [1.54, 1.807) is 11.3 Å². The van der Waals surface area contributed by atoms with Gasteiger partial charge in [-0.25, -0.2) is 9.78 Å². The van der Waals surface area contributed by atoms with Crippen molar-refractivity contribution in [2.45, 2.75) is 51.4 Å². The number of rotatable bonds is 3. The maximum absolute atomic E-state index is 11.0. The molecule has 1 aliphatic carbocycles. The maximum atomic E-state index is 11.0. The fraction of sp³-hybridized carbons (Fsp3) is 0.667. The molecule has 16 heavy (non-hydrogen) atoms. The minimum atomic E-state index is -0.879. The van der Waals surface area contributed by atoms with Crippen LogP contribution in [0.25, 0.3) is 0 Å². The van der Waals surface area contributed by atoms with Gasteiger partial charge in [0.05, 0.1) is 5.01 Å². The second-order valence-corrected chi connectivity index (χ2v) is 5.43. The first kappa shape index (κ1) is 11.6. The number of aromatic nitrogens is 1. The summed E-state index contributed by atoms with van der Waals surface area (Å²) in [6.07, 6.45) is 6.95. The van der Waals surface area contributed by atoms with Crippen LogP contribution in [0.5, 0.6) is 0 Å². The third-order valence-corrected chi connectivity index (χ3v) is 4.55. The molecule has 1 aromatic heterocycles. The lowest BCUT2D eigenvalue weighted by atomic mass is 9.90. The molecule has 1 fully saturated rings. The quantitative estimate of drug-likeness (QED) is 0.878. The second-order valence-electron chi connectivity index (χ2n) is 4.32. The molecule has 3 nitrogen and oxygen atoms in total. The summed E-state index contributed by atoms with van der Waals surface area (Å²) in [5.74, 6) is -0.368. The lowest BCUT2D eigenvalue weighted by molar-refractivity contribution is 0.0690. The number of aryl methyl sites for hydroxylation is 1. The summed E-state index contributed by atoms with van der Waals surface area (Å²) in [6.45, 7) is 1.99. The van der Waals surface area contributed by atoms with Crippen LogP contribution in [-0.2, 0) is 6.42 Å². The number of carboxylic acid groups (broad SMARTS) is 1. The van der Waals surface area contributed by atoms with Gasteiger partial charge in [0, 0.05) is 10.8 Å². The Balaban J connectivity index is 2.24. The van der Waals surface area contributed by atoms with Crippen LogP contribution in [0.2, 0.25) is 0 Å². The lowest BCUT2D eigenvalue weighted by Crippen LogP contribution is -2.05. The number of aromatic carboxylic acids is 1. The molecule has 0 bridgehead atoms. The number of thiazole rings is 1. The molecule has 0 spiro atoms. The molecule has 1 aromatic rings. The monoisotopic (exact) mass is 239 g/mol. The molecule has 0 radical (unpaired) electrons. The molecule has 0 aromatic carbocycles. The Kier molecular flexibility index (Phi) is 3.59. The summed E-state index contributed by atoms with van der Waals surface area (Å²) < 4.78 is 0. The van der Waals surface area contributed by atoms with Gasteiger partial charge in [-0.15, -0.1) is 11.3 Å². The van der Waals surface area contributed by atoms with Crippen LogP contribution in [-0.4, -0.2) is 16.1 Å². The van der Waals surface area contributed by atoms with E-state index in [0.717, 1.165) is 16.3 Å². The van der Waals surface area contributed by atoms with Crippen molar-refractivity contribution in [3.05, 3.63) is 15.6 Å². The van der Waals surface area contributed by atoms with Crippen LogP contribution >= 0.6 is 11.3 Å². The Morgan fingerprint density at radius 3 is 2.62 bits per heavy atom. The first-order valence-electron chi connectivity index (χ1n) is 5.95. The highest BCUT2D eigenvalue weighted by Gasteiger charge is 2.23. The van der Waals surface area contributed by atoms with Gasteiger partial charge in [0.2, 0.25) is 0 Å².